The van der Waals surface area contributed by atoms with Crippen LogP contribution in [0.25, 0.3) is 0 Å². The van der Waals surface area contributed by atoms with Crippen LogP contribution in [0, 0.1) is 11.6 Å². The maximum absolute atomic E-state index is 14.0. The first kappa shape index (κ1) is 30.8. The number of sulfonamides is 2. The van der Waals surface area contributed by atoms with Crippen molar-refractivity contribution >= 4 is 26.0 Å². The number of amides is 1. The van der Waals surface area contributed by atoms with E-state index in [0.717, 1.165) is 16.4 Å². The Kier molecular flexibility index (Phi) is 9.90. The lowest BCUT2D eigenvalue weighted by Gasteiger charge is -2.39. The zero-order valence-electron chi connectivity index (χ0n) is 22.7. The van der Waals surface area contributed by atoms with Crippen molar-refractivity contribution in [2.45, 2.75) is 48.6 Å². The Morgan fingerprint density at radius 2 is 1.51 bits per heavy atom. The van der Waals surface area contributed by atoms with Crippen LogP contribution in [0.3, 0.4) is 0 Å². The number of hydrogen-bond donors (Lipinski definition) is 0. The maximum Gasteiger partial charge on any atom is 0.243 e. The summed E-state index contributed by atoms with van der Waals surface area (Å²) in [7, 11) is -7.82. The predicted octanol–water partition coefficient (Wildman–Crippen LogP) is 4.25. The van der Waals surface area contributed by atoms with Gasteiger partial charge in [-0.25, -0.2) is 25.6 Å². The third-order valence-corrected chi connectivity index (χ3v) is 10.8. The summed E-state index contributed by atoms with van der Waals surface area (Å²) in [6, 6.07) is 17.9. The lowest BCUT2D eigenvalue weighted by molar-refractivity contribution is -0.135. The molecule has 41 heavy (non-hydrogen) atoms. The van der Waals surface area contributed by atoms with Gasteiger partial charge in [0.2, 0.25) is 26.0 Å². The van der Waals surface area contributed by atoms with Crippen molar-refractivity contribution in [2.75, 3.05) is 26.2 Å². The predicted molar refractivity (Wildman–Crippen MR) is 151 cm³/mol. The second-order valence-electron chi connectivity index (χ2n) is 9.89. The zero-order valence-corrected chi connectivity index (χ0v) is 24.3. The highest BCUT2D eigenvalue weighted by atomic mass is 32.2. The minimum atomic E-state index is -3.95. The van der Waals surface area contributed by atoms with Gasteiger partial charge in [0.25, 0.3) is 0 Å². The summed E-state index contributed by atoms with van der Waals surface area (Å²) < 4.78 is 82.7. The van der Waals surface area contributed by atoms with Crippen LogP contribution in [0.1, 0.15) is 31.7 Å². The molecule has 1 saturated heterocycles. The van der Waals surface area contributed by atoms with Crippen LogP contribution in [0.2, 0.25) is 0 Å². The Hall–Kier alpha value is -3.19. The molecule has 220 valence electrons. The molecule has 0 bridgehead atoms. The molecular weight excluding hydrogens is 572 g/mol. The molecule has 0 unspecified atom stereocenters. The average Bonchev–Trinajstić information content (AvgIpc) is 2.96. The molecule has 1 aliphatic heterocycles. The Morgan fingerprint density at radius 3 is 2.12 bits per heavy atom. The molecule has 4 rings (SSSR count). The van der Waals surface area contributed by atoms with E-state index in [1.165, 1.54) is 51.7 Å². The van der Waals surface area contributed by atoms with Crippen molar-refractivity contribution in [3.63, 3.8) is 0 Å². The summed E-state index contributed by atoms with van der Waals surface area (Å²) in [4.78, 5) is 15.4. The summed E-state index contributed by atoms with van der Waals surface area (Å²) in [5.74, 6) is -1.46. The van der Waals surface area contributed by atoms with Crippen molar-refractivity contribution < 1.29 is 30.4 Å². The lowest BCUT2D eigenvalue weighted by atomic mass is 10.0. The molecule has 0 radical (unpaired) electrons. The van der Waals surface area contributed by atoms with Gasteiger partial charge in [-0.3, -0.25) is 4.79 Å². The van der Waals surface area contributed by atoms with E-state index in [1.807, 2.05) is 6.92 Å². The van der Waals surface area contributed by atoms with Gasteiger partial charge in [-0.05, 0) is 73.4 Å². The van der Waals surface area contributed by atoms with Gasteiger partial charge >= 0.3 is 0 Å². The highest BCUT2D eigenvalue weighted by molar-refractivity contribution is 7.89. The maximum atomic E-state index is 14.0. The molecule has 1 fully saturated rings. The minimum Gasteiger partial charge on any atom is -0.334 e. The number of benzene rings is 3. The number of halogens is 2. The van der Waals surface area contributed by atoms with Gasteiger partial charge in [0, 0.05) is 32.2 Å². The Bertz CT molecular complexity index is 1540. The average molecular weight is 606 g/mol. The molecule has 8 nitrogen and oxygen atoms in total. The second kappa shape index (κ2) is 13.2. The van der Waals surface area contributed by atoms with Crippen LogP contribution < -0.4 is 0 Å². The van der Waals surface area contributed by atoms with Crippen LogP contribution in [0.5, 0.6) is 0 Å². The fourth-order valence-electron chi connectivity index (χ4n) is 4.92. The molecule has 12 heteroatoms. The van der Waals surface area contributed by atoms with Gasteiger partial charge in [-0.1, -0.05) is 37.3 Å². The zero-order chi connectivity index (χ0) is 29.6. The summed E-state index contributed by atoms with van der Waals surface area (Å²) in [6.45, 7) is 1.80. The summed E-state index contributed by atoms with van der Waals surface area (Å²) >= 11 is 0. The number of carbonyl (C=O) groups is 1. The van der Waals surface area contributed by atoms with Crippen LogP contribution in [0.4, 0.5) is 8.78 Å². The summed E-state index contributed by atoms with van der Waals surface area (Å²) in [5.41, 5.74) is 0.535. The molecule has 0 saturated carbocycles. The number of carbonyl (C=O) groups excluding carboxylic acids is 1. The largest absolute Gasteiger partial charge is 0.334 e. The molecular formula is C29H33F2N3O5S2. The standard InChI is InChI=1S/C29H33F2N3O5S2/c1-2-17-33(41(38,39)27-9-4-3-5-10-27)22-29(35)34(21-23-7-6-8-25(31)20-23)26-15-18-32(19-16-26)40(36,37)28-13-11-24(30)12-14-28/h3-14,20,26H,2,15-19,21-22H2,1H3. The topological polar surface area (TPSA) is 95.1 Å². The van der Waals surface area contributed by atoms with Crippen LogP contribution in [0.15, 0.2) is 88.7 Å². The normalized spacial score (nSPS) is 15.2. The molecule has 3 aromatic carbocycles. The minimum absolute atomic E-state index is 0.0219. The molecule has 0 N–H and O–H groups in total. The summed E-state index contributed by atoms with van der Waals surface area (Å²) in [6.07, 6.45) is 1.07. The fraction of sp³-hybridized carbons (Fsp3) is 0.345. The van der Waals surface area contributed by atoms with Gasteiger partial charge in [-0.15, -0.1) is 0 Å². The van der Waals surface area contributed by atoms with E-state index in [-0.39, 0.29) is 36.0 Å². The van der Waals surface area contributed by atoms with Crippen LogP contribution >= 0.6 is 0 Å². The van der Waals surface area contributed by atoms with Gasteiger partial charge in [0.1, 0.15) is 11.6 Å². The number of piperidine rings is 1. The molecule has 1 aliphatic rings. The number of hydrogen-bond acceptors (Lipinski definition) is 5. The van der Waals surface area contributed by atoms with Crippen molar-refractivity contribution in [3.05, 3.63) is 96.1 Å². The third kappa shape index (κ3) is 7.37. The molecule has 1 amide bonds. The van der Waals surface area contributed by atoms with E-state index in [9.17, 15) is 30.4 Å². The molecule has 0 spiro atoms. The number of nitrogens with zero attached hydrogens (tertiary/aromatic N) is 3. The Labute approximate surface area is 240 Å². The Morgan fingerprint density at radius 1 is 0.854 bits per heavy atom. The van der Waals surface area contributed by atoms with Gasteiger partial charge < -0.3 is 4.90 Å². The second-order valence-corrected chi connectivity index (χ2v) is 13.8. The quantitative estimate of drug-likeness (QED) is 0.326. The van der Waals surface area contributed by atoms with E-state index in [2.05, 4.69) is 0 Å². The Balaban J connectivity index is 1.56. The van der Waals surface area contributed by atoms with E-state index < -0.39 is 50.2 Å². The molecule has 0 aromatic heterocycles. The lowest BCUT2D eigenvalue weighted by Crippen LogP contribution is -2.51. The SMILES string of the molecule is CCCN(CC(=O)N(Cc1cccc(F)c1)C1CCN(S(=O)(=O)c2ccc(F)cc2)CC1)S(=O)(=O)c1ccccc1. The van der Waals surface area contributed by atoms with Gasteiger partial charge in [-0.2, -0.15) is 8.61 Å². The first-order valence-corrected chi connectivity index (χ1v) is 16.2. The smallest absolute Gasteiger partial charge is 0.243 e. The highest BCUT2D eigenvalue weighted by Crippen LogP contribution is 2.26. The van der Waals surface area contributed by atoms with Crippen LogP contribution in [-0.2, 0) is 31.4 Å². The number of rotatable bonds is 11. The van der Waals surface area contributed by atoms with Crippen molar-refractivity contribution in [1.29, 1.82) is 0 Å². The highest BCUT2D eigenvalue weighted by Gasteiger charge is 2.35. The van der Waals surface area contributed by atoms with E-state index in [1.54, 1.807) is 24.3 Å². The van der Waals surface area contributed by atoms with Crippen molar-refractivity contribution in [2.24, 2.45) is 0 Å². The molecule has 3 aromatic rings. The fourth-order valence-corrected chi connectivity index (χ4v) is 7.89. The monoisotopic (exact) mass is 605 g/mol. The van der Waals surface area contributed by atoms with Crippen molar-refractivity contribution in [1.82, 2.24) is 13.5 Å². The summed E-state index contributed by atoms with van der Waals surface area (Å²) in [5, 5.41) is 0. The van der Waals surface area contributed by atoms with Gasteiger partial charge in [0.15, 0.2) is 0 Å². The van der Waals surface area contributed by atoms with Crippen LogP contribution in [-0.4, -0.2) is 68.5 Å². The van der Waals surface area contributed by atoms with E-state index in [4.69, 9.17) is 0 Å². The molecule has 0 atom stereocenters. The first-order chi connectivity index (χ1) is 19.5. The van der Waals surface area contributed by atoms with Gasteiger partial charge in [0.05, 0.1) is 16.3 Å². The molecule has 1 heterocycles. The first-order valence-electron chi connectivity index (χ1n) is 13.4. The van der Waals surface area contributed by atoms with E-state index >= 15 is 0 Å². The van der Waals surface area contributed by atoms with E-state index in [0.29, 0.717) is 24.8 Å². The van der Waals surface area contributed by atoms with Crippen molar-refractivity contribution in [3.8, 4) is 0 Å². The third-order valence-electron chi connectivity index (χ3n) is 7.04. The molecule has 0 aliphatic carbocycles.